The summed E-state index contributed by atoms with van der Waals surface area (Å²) >= 11 is 1.96. The van der Waals surface area contributed by atoms with Gasteiger partial charge >= 0.3 is 0 Å². The Morgan fingerprint density at radius 2 is 2.22 bits per heavy atom. The van der Waals surface area contributed by atoms with Crippen molar-refractivity contribution in [1.29, 1.82) is 0 Å². The maximum atomic E-state index is 3.50. The summed E-state index contributed by atoms with van der Waals surface area (Å²) in [7, 11) is 2.04. The Labute approximate surface area is 115 Å². The minimum Gasteiger partial charge on any atom is -0.383 e. The number of anilines is 1. The largest absolute Gasteiger partial charge is 0.383 e. The van der Waals surface area contributed by atoms with Crippen LogP contribution in [0.4, 0.5) is 5.69 Å². The number of thioether (sulfide) groups is 1. The fourth-order valence-corrected chi connectivity index (χ4v) is 3.30. The van der Waals surface area contributed by atoms with Crippen molar-refractivity contribution in [2.45, 2.75) is 25.2 Å². The number of hydrogen-bond donors (Lipinski definition) is 2. The maximum Gasteiger partial charge on any atom is 0.0481 e. The first-order chi connectivity index (χ1) is 8.70. The zero-order valence-corrected chi connectivity index (χ0v) is 12.4. The second kappa shape index (κ2) is 6.48. The van der Waals surface area contributed by atoms with Crippen LogP contribution in [0.5, 0.6) is 0 Å². The molecule has 1 heterocycles. The van der Waals surface area contributed by atoms with Crippen molar-refractivity contribution in [2.24, 2.45) is 11.8 Å². The van der Waals surface area contributed by atoms with Crippen molar-refractivity contribution in [1.82, 2.24) is 5.32 Å². The Morgan fingerprint density at radius 1 is 1.39 bits per heavy atom. The van der Waals surface area contributed by atoms with Crippen LogP contribution in [-0.4, -0.2) is 25.9 Å². The highest BCUT2D eigenvalue weighted by Crippen LogP contribution is 2.32. The van der Waals surface area contributed by atoms with Gasteiger partial charge in [-0.1, -0.05) is 19.9 Å². The lowest BCUT2D eigenvalue weighted by molar-refractivity contribution is 0.370. The van der Waals surface area contributed by atoms with E-state index in [4.69, 9.17) is 0 Å². The van der Waals surface area contributed by atoms with Gasteiger partial charge in [-0.3, -0.25) is 0 Å². The van der Waals surface area contributed by atoms with E-state index < -0.39 is 0 Å². The molecule has 1 unspecified atom stereocenters. The molecule has 0 spiro atoms. The number of fused-ring (bicyclic) bond motifs is 1. The van der Waals surface area contributed by atoms with Crippen molar-refractivity contribution in [2.75, 3.05) is 31.2 Å². The highest BCUT2D eigenvalue weighted by Gasteiger charge is 2.15. The summed E-state index contributed by atoms with van der Waals surface area (Å²) in [6.07, 6.45) is 1.16. The topological polar surface area (TPSA) is 24.1 Å². The molecule has 1 aliphatic heterocycles. The average Bonchev–Trinajstić information content (AvgIpc) is 2.38. The minimum atomic E-state index is 0.712. The third kappa shape index (κ3) is 3.42. The van der Waals surface area contributed by atoms with Crippen LogP contribution >= 0.6 is 11.8 Å². The lowest BCUT2D eigenvalue weighted by Crippen LogP contribution is -2.25. The molecule has 0 aliphatic carbocycles. The van der Waals surface area contributed by atoms with E-state index >= 15 is 0 Å². The average molecular weight is 264 g/mol. The summed E-state index contributed by atoms with van der Waals surface area (Å²) in [5, 5.41) is 6.81. The van der Waals surface area contributed by atoms with E-state index in [-0.39, 0.29) is 0 Å². The molecule has 2 rings (SSSR count). The van der Waals surface area contributed by atoms with Crippen molar-refractivity contribution in [3.63, 3.8) is 0 Å². The van der Waals surface area contributed by atoms with E-state index in [0.29, 0.717) is 5.92 Å². The van der Waals surface area contributed by atoms with E-state index in [1.807, 2.05) is 18.8 Å². The maximum absolute atomic E-state index is 3.50. The van der Waals surface area contributed by atoms with Crippen LogP contribution in [-0.2, 0) is 6.42 Å². The van der Waals surface area contributed by atoms with Crippen LogP contribution in [0.15, 0.2) is 23.1 Å². The monoisotopic (exact) mass is 264 g/mol. The summed E-state index contributed by atoms with van der Waals surface area (Å²) in [5.41, 5.74) is 2.79. The first-order valence-electron chi connectivity index (χ1n) is 6.85. The van der Waals surface area contributed by atoms with Crippen molar-refractivity contribution >= 4 is 17.4 Å². The third-order valence-corrected chi connectivity index (χ3v) is 4.70. The van der Waals surface area contributed by atoms with Gasteiger partial charge in [-0.15, -0.1) is 11.8 Å². The molecule has 1 atom stereocenters. The first-order valence-corrected chi connectivity index (χ1v) is 7.83. The van der Waals surface area contributed by atoms with Crippen molar-refractivity contribution in [3.8, 4) is 0 Å². The Kier molecular flexibility index (Phi) is 4.95. The van der Waals surface area contributed by atoms with Crippen LogP contribution in [0, 0.1) is 11.8 Å². The predicted octanol–water partition coefficient (Wildman–Crippen LogP) is 3.24. The van der Waals surface area contributed by atoms with Crippen LogP contribution in [0.25, 0.3) is 0 Å². The second-order valence-electron chi connectivity index (χ2n) is 5.37. The molecule has 1 aromatic rings. The summed E-state index contributed by atoms with van der Waals surface area (Å²) in [5.74, 6) is 2.61. The van der Waals surface area contributed by atoms with Gasteiger partial charge in [0.2, 0.25) is 0 Å². The van der Waals surface area contributed by atoms with Crippen LogP contribution < -0.4 is 10.6 Å². The molecule has 0 saturated carbocycles. The molecule has 0 saturated heterocycles. The predicted molar refractivity (Wildman–Crippen MR) is 81.6 cm³/mol. The standard InChI is InChI=1S/C15H24N2S/c1-11(2)13(10-16-3)8-12-4-5-15-14(9-12)17-6-7-18-15/h4-5,9,11,13,16-17H,6-8,10H2,1-3H3. The number of rotatable bonds is 5. The van der Waals surface area contributed by atoms with Gasteiger partial charge < -0.3 is 10.6 Å². The van der Waals surface area contributed by atoms with Crippen LogP contribution in [0.1, 0.15) is 19.4 Å². The summed E-state index contributed by atoms with van der Waals surface area (Å²) in [6.45, 7) is 6.81. The normalized spacial score (nSPS) is 16.2. The van der Waals surface area contributed by atoms with Crippen LogP contribution in [0.2, 0.25) is 0 Å². The van der Waals surface area contributed by atoms with E-state index in [9.17, 15) is 0 Å². The van der Waals surface area contributed by atoms with Crippen molar-refractivity contribution < 1.29 is 0 Å². The smallest absolute Gasteiger partial charge is 0.0481 e. The molecular formula is C15H24N2S. The van der Waals surface area contributed by atoms with Gasteiger partial charge in [0.15, 0.2) is 0 Å². The number of benzene rings is 1. The highest BCUT2D eigenvalue weighted by molar-refractivity contribution is 7.99. The fourth-order valence-electron chi connectivity index (χ4n) is 2.42. The molecule has 0 fully saturated rings. The van der Waals surface area contributed by atoms with Gasteiger partial charge in [-0.2, -0.15) is 0 Å². The Bertz CT molecular complexity index is 390. The molecule has 1 aliphatic rings. The van der Waals surface area contributed by atoms with Crippen molar-refractivity contribution in [3.05, 3.63) is 23.8 Å². The lowest BCUT2D eigenvalue weighted by atomic mass is 9.89. The second-order valence-corrected chi connectivity index (χ2v) is 6.51. The van der Waals surface area contributed by atoms with Gasteiger partial charge in [-0.25, -0.2) is 0 Å². The van der Waals surface area contributed by atoms with Gasteiger partial charge in [0.25, 0.3) is 0 Å². The van der Waals surface area contributed by atoms with E-state index in [1.165, 1.54) is 21.9 Å². The molecule has 0 bridgehead atoms. The fraction of sp³-hybridized carbons (Fsp3) is 0.600. The molecular weight excluding hydrogens is 240 g/mol. The van der Waals surface area contributed by atoms with E-state index in [0.717, 1.165) is 25.4 Å². The molecule has 0 aromatic heterocycles. The zero-order chi connectivity index (χ0) is 13.0. The SMILES string of the molecule is CNCC(Cc1ccc2c(c1)NCCS2)C(C)C. The molecule has 3 heteroatoms. The lowest BCUT2D eigenvalue weighted by Gasteiger charge is -2.22. The van der Waals surface area contributed by atoms with Crippen LogP contribution in [0.3, 0.4) is 0 Å². The molecule has 0 radical (unpaired) electrons. The Balaban J connectivity index is 2.08. The third-order valence-electron chi connectivity index (χ3n) is 3.63. The molecule has 0 amide bonds. The van der Waals surface area contributed by atoms with Gasteiger partial charge in [0, 0.05) is 22.9 Å². The summed E-state index contributed by atoms with van der Waals surface area (Å²) in [6, 6.07) is 6.91. The molecule has 2 nitrogen and oxygen atoms in total. The van der Waals surface area contributed by atoms with Gasteiger partial charge in [0.05, 0.1) is 0 Å². The highest BCUT2D eigenvalue weighted by atomic mass is 32.2. The van der Waals surface area contributed by atoms with E-state index in [1.54, 1.807) is 0 Å². The van der Waals surface area contributed by atoms with Gasteiger partial charge in [-0.05, 0) is 49.5 Å². The summed E-state index contributed by atoms with van der Waals surface area (Å²) in [4.78, 5) is 1.40. The minimum absolute atomic E-state index is 0.712. The van der Waals surface area contributed by atoms with E-state index in [2.05, 4.69) is 42.7 Å². The molecule has 1 aromatic carbocycles. The Morgan fingerprint density at radius 3 is 2.94 bits per heavy atom. The zero-order valence-electron chi connectivity index (χ0n) is 11.6. The Hall–Kier alpha value is -0.670. The number of nitrogens with one attached hydrogen (secondary N) is 2. The van der Waals surface area contributed by atoms with Gasteiger partial charge in [0.1, 0.15) is 0 Å². The first kappa shape index (κ1) is 13.8. The molecule has 18 heavy (non-hydrogen) atoms. The molecule has 2 N–H and O–H groups in total. The quantitative estimate of drug-likeness (QED) is 0.854. The summed E-state index contributed by atoms with van der Waals surface area (Å²) < 4.78 is 0. The number of hydrogen-bond acceptors (Lipinski definition) is 3. The molecule has 100 valence electrons.